The summed E-state index contributed by atoms with van der Waals surface area (Å²) in [4.78, 5) is 26.3. The van der Waals surface area contributed by atoms with Crippen molar-refractivity contribution in [1.82, 2.24) is 10.2 Å². The zero-order valence-corrected chi connectivity index (χ0v) is 15.7. The first kappa shape index (κ1) is 18.7. The highest BCUT2D eigenvalue weighted by molar-refractivity contribution is 5.97. The number of aryl methyl sites for hydroxylation is 2. The van der Waals surface area contributed by atoms with Crippen LogP contribution in [0.15, 0.2) is 6.07 Å². The third-order valence-corrected chi connectivity index (χ3v) is 5.17. The van der Waals surface area contributed by atoms with Crippen LogP contribution in [0.2, 0.25) is 0 Å². The summed E-state index contributed by atoms with van der Waals surface area (Å²) in [6.07, 6.45) is 1.82. The minimum absolute atomic E-state index is 0.140. The first-order valence-electron chi connectivity index (χ1n) is 8.95. The topological polar surface area (TPSA) is 49.4 Å². The molecule has 1 aromatic carbocycles. The fraction of sp³-hybridized carbons (Fsp3) is 0.600. The number of amides is 1. The van der Waals surface area contributed by atoms with E-state index in [1.54, 1.807) is 6.92 Å². The number of piperidine rings is 1. The number of nitrogens with zero attached hydrogens (tertiary/aromatic N) is 1. The molecule has 4 nitrogen and oxygen atoms in total. The molecule has 0 bridgehead atoms. The van der Waals surface area contributed by atoms with Crippen LogP contribution >= 0.6 is 0 Å². The van der Waals surface area contributed by atoms with E-state index < -0.39 is 0 Å². The number of hydrogen-bond acceptors (Lipinski definition) is 3. The van der Waals surface area contributed by atoms with Gasteiger partial charge in [0.25, 0.3) is 0 Å². The van der Waals surface area contributed by atoms with Crippen LogP contribution in [0.1, 0.15) is 59.3 Å². The number of carbonyl (C=O) groups excluding carboxylic acids is 2. The highest BCUT2D eigenvalue weighted by atomic mass is 16.1. The standard InChI is InChI=1S/C20H30N2O2/c1-6-21-20(24)17-7-9-22(10-8-17)12-18-13(2)11-14(3)19(15(18)4)16(5)23/h11,17H,6-10,12H2,1-5H3,(H,21,24). The van der Waals surface area contributed by atoms with Crippen LogP contribution in [0.3, 0.4) is 0 Å². The van der Waals surface area contributed by atoms with Crippen LogP contribution < -0.4 is 5.32 Å². The molecule has 0 saturated carbocycles. The molecule has 0 aromatic heterocycles. The first-order chi connectivity index (χ1) is 11.3. The highest BCUT2D eigenvalue weighted by Gasteiger charge is 2.25. The van der Waals surface area contributed by atoms with Gasteiger partial charge in [-0.15, -0.1) is 0 Å². The number of rotatable bonds is 5. The second kappa shape index (κ2) is 7.93. The van der Waals surface area contributed by atoms with E-state index in [2.05, 4.69) is 30.1 Å². The van der Waals surface area contributed by atoms with Gasteiger partial charge in [0, 0.05) is 24.6 Å². The van der Waals surface area contributed by atoms with Gasteiger partial charge in [0.2, 0.25) is 5.91 Å². The van der Waals surface area contributed by atoms with Crippen molar-refractivity contribution in [1.29, 1.82) is 0 Å². The van der Waals surface area contributed by atoms with Crippen LogP contribution in [-0.4, -0.2) is 36.2 Å². The zero-order chi connectivity index (χ0) is 17.9. The minimum Gasteiger partial charge on any atom is -0.356 e. The summed E-state index contributed by atoms with van der Waals surface area (Å²) in [5.41, 5.74) is 5.57. The Balaban J connectivity index is 2.09. The number of carbonyl (C=O) groups is 2. The van der Waals surface area contributed by atoms with Crippen molar-refractivity contribution in [2.75, 3.05) is 19.6 Å². The Morgan fingerprint density at radius 2 is 1.79 bits per heavy atom. The summed E-state index contributed by atoms with van der Waals surface area (Å²) in [6.45, 7) is 13.2. The van der Waals surface area contributed by atoms with Gasteiger partial charge >= 0.3 is 0 Å². The van der Waals surface area contributed by atoms with Crippen molar-refractivity contribution in [3.63, 3.8) is 0 Å². The van der Waals surface area contributed by atoms with Gasteiger partial charge in [0.15, 0.2) is 5.78 Å². The molecule has 0 aliphatic carbocycles. The molecule has 1 aliphatic rings. The highest BCUT2D eigenvalue weighted by Crippen LogP contribution is 2.26. The monoisotopic (exact) mass is 330 g/mol. The average molecular weight is 330 g/mol. The second-order valence-corrected chi connectivity index (χ2v) is 6.99. The van der Waals surface area contributed by atoms with Gasteiger partial charge in [-0.3, -0.25) is 14.5 Å². The predicted molar refractivity (Wildman–Crippen MR) is 97.3 cm³/mol. The largest absolute Gasteiger partial charge is 0.356 e. The van der Waals surface area contributed by atoms with E-state index in [1.165, 1.54) is 11.1 Å². The lowest BCUT2D eigenvalue weighted by Crippen LogP contribution is -2.40. The van der Waals surface area contributed by atoms with Gasteiger partial charge in [-0.05, 0) is 82.8 Å². The molecule has 0 radical (unpaired) electrons. The van der Waals surface area contributed by atoms with Crippen molar-refractivity contribution in [2.24, 2.45) is 5.92 Å². The first-order valence-corrected chi connectivity index (χ1v) is 8.95. The van der Waals surface area contributed by atoms with Crippen LogP contribution in [0.5, 0.6) is 0 Å². The van der Waals surface area contributed by atoms with E-state index in [4.69, 9.17) is 0 Å². The molecular formula is C20H30N2O2. The maximum atomic E-state index is 12.0. The third kappa shape index (κ3) is 4.04. The number of hydrogen-bond donors (Lipinski definition) is 1. The fourth-order valence-electron chi connectivity index (χ4n) is 3.91. The SMILES string of the molecule is CCNC(=O)C1CCN(Cc2c(C)cc(C)c(C(C)=O)c2C)CC1. The summed E-state index contributed by atoms with van der Waals surface area (Å²) in [5.74, 6) is 0.481. The van der Waals surface area contributed by atoms with E-state index >= 15 is 0 Å². The van der Waals surface area contributed by atoms with Gasteiger partial charge in [0.1, 0.15) is 0 Å². The molecule has 4 heteroatoms. The molecule has 2 rings (SSSR count). The number of benzene rings is 1. The van der Waals surface area contributed by atoms with Crippen molar-refractivity contribution < 1.29 is 9.59 Å². The lowest BCUT2D eigenvalue weighted by Gasteiger charge is -2.32. The quantitative estimate of drug-likeness (QED) is 0.844. The van der Waals surface area contributed by atoms with E-state index in [1.807, 2.05) is 13.8 Å². The summed E-state index contributed by atoms with van der Waals surface area (Å²) >= 11 is 0. The molecule has 1 N–H and O–H groups in total. The van der Waals surface area contributed by atoms with E-state index in [9.17, 15) is 9.59 Å². The fourth-order valence-corrected chi connectivity index (χ4v) is 3.91. The van der Waals surface area contributed by atoms with Gasteiger partial charge in [-0.2, -0.15) is 0 Å². The van der Waals surface area contributed by atoms with Crippen molar-refractivity contribution in [3.8, 4) is 0 Å². The normalized spacial score (nSPS) is 16.2. The Morgan fingerprint density at radius 3 is 2.33 bits per heavy atom. The summed E-state index contributed by atoms with van der Waals surface area (Å²) in [7, 11) is 0. The van der Waals surface area contributed by atoms with E-state index in [0.717, 1.165) is 49.2 Å². The van der Waals surface area contributed by atoms with Crippen molar-refractivity contribution in [3.05, 3.63) is 33.9 Å². The number of ketones is 1. The maximum Gasteiger partial charge on any atom is 0.223 e. The molecule has 24 heavy (non-hydrogen) atoms. The lowest BCUT2D eigenvalue weighted by molar-refractivity contribution is -0.126. The minimum atomic E-state index is 0.140. The average Bonchev–Trinajstić information content (AvgIpc) is 2.51. The lowest BCUT2D eigenvalue weighted by atomic mass is 9.90. The number of likely N-dealkylation sites (tertiary alicyclic amines) is 1. The molecule has 1 saturated heterocycles. The Morgan fingerprint density at radius 1 is 1.17 bits per heavy atom. The molecule has 1 heterocycles. The Hall–Kier alpha value is -1.68. The third-order valence-electron chi connectivity index (χ3n) is 5.17. The Bertz CT molecular complexity index is 629. The van der Waals surface area contributed by atoms with Gasteiger partial charge < -0.3 is 5.32 Å². The summed E-state index contributed by atoms with van der Waals surface area (Å²) in [5, 5.41) is 2.93. The van der Waals surface area contributed by atoms with E-state index in [-0.39, 0.29) is 17.6 Å². The second-order valence-electron chi connectivity index (χ2n) is 6.99. The van der Waals surface area contributed by atoms with E-state index in [0.29, 0.717) is 6.54 Å². The van der Waals surface area contributed by atoms with Crippen molar-refractivity contribution >= 4 is 11.7 Å². The molecule has 1 fully saturated rings. The molecule has 0 unspecified atom stereocenters. The molecule has 1 aliphatic heterocycles. The summed E-state index contributed by atoms with van der Waals surface area (Å²) < 4.78 is 0. The Labute approximate surface area is 145 Å². The Kier molecular flexibility index (Phi) is 6.16. The van der Waals surface area contributed by atoms with Crippen LogP contribution in [0.25, 0.3) is 0 Å². The van der Waals surface area contributed by atoms with Crippen LogP contribution in [0, 0.1) is 26.7 Å². The number of Topliss-reactive ketones (excluding diaryl/α,β-unsaturated/α-hetero) is 1. The summed E-state index contributed by atoms with van der Waals surface area (Å²) in [6, 6.07) is 2.13. The molecule has 1 amide bonds. The van der Waals surface area contributed by atoms with Gasteiger partial charge in [0.05, 0.1) is 0 Å². The van der Waals surface area contributed by atoms with Crippen LogP contribution in [0.4, 0.5) is 0 Å². The maximum absolute atomic E-state index is 12.0. The number of nitrogens with one attached hydrogen (secondary N) is 1. The molecule has 132 valence electrons. The molecular weight excluding hydrogens is 300 g/mol. The molecule has 1 aromatic rings. The van der Waals surface area contributed by atoms with Gasteiger partial charge in [-0.25, -0.2) is 0 Å². The molecule has 0 atom stereocenters. The van der Waals surface area contributed by atoms with Gasteiger partial charge in [-0.1, -0.05) is 6.07 Å². The van der Waals surface area contributed by atoms with Crippen molar-refractivity contribution in [2.45, 2.75) is 54.0 Å². The molecule has 0 spiro atoms. The smallest absolute Gasteiger partial charge is 0.223 e. The van der Waals surface area contributed by atoms with Crippen LogP contribution in [-0.2, 0) is 11.3 Å². The predicted octanol–water partition coefficient (Wildman–Crippen LogP) is 3.16. The zero-order valence-electron chi connectivity index (χ0n) is 15.7.